The Kier molecular flexibility index (Phi) is 6.48. The van der Waals surface area contributed by atoms with Gasteiger partial charge in [0.15, 0.2) is 17.1 Å². The zero-order valence-electron chi connectivity index (χ0n) is 21.7. The molecule has 5 rings (SSSR count). The SMILES string of the molecule is COc1cc(/C=N/Nc2nnc3c(n2)[nH]c2ccc(C)cc23)ccc1OCc1ccc(C(C)(C)C)cc1. The summed E-state index contributed by atoms with van der Waals surface area (Å²) >= 11 is 0. The van der Waals surface area contributed by atoms with Gasteiger partial charge in [0, 0.05) is 10.9 Å². The summed E-state index contributed by atoms with van der Waals surface area (Å²) in [6.07, 6.45) is 1.67. The Morgan fingerprint density at radius 3 is 2.54 bits per heavy atom. The summed E-state index contributed by atoms with van der Waals surface area (Å²) in [6.45, 7) is 9.11. The predicted molar refractivity (Wildman–Crippen MR) is 148 cm³/mol. The van der Waals surface area contributed by atoms with Crippen molar-refractivity contribution in [2.45, 2.75) is 39.7 Å². The number of H-pyrrole nitrogens is 1. The van der Waals surface area contributed by atoms with Gasteiger partial charge >= 0.3 is 0 Å². The van der Waals surface area contributed by atoms with Gasteiger partial charge in [0.25, 0.3) is 5.95 Å². The van der Waals surface area contributed by atoms with E-state index in [9.17, 15) is 0 Å². The smallest absolute Gasteiger partial charge is 0.265 e. The Bertz CT molecular complexity index is 1580. The minimum absolute atomic E-state index is 0.125. The largest absolute Gasteiger partial charge is 0.493 e. The number of aryl methyl sites for hydroxylation is 1. The van der Waals surface area contributed by atoms with Gasteiger partial charge in [0.2, 0.25) is 0 Å². The van der Waals surface area contributed by atoms with Crippen LogP contribution < -0.4 is 14.9 Å². The molecule has 188 valence electrons. The van der Waals surface area contributed by atoms with Gasteiger partial charge < -0.3 is 14.5 Å². The molecule has 0 aliphatic heterocycles. The molecule has 0 bridgehead atoms. The molecule has 0 aliphatic carbocycles. The molecule has 2 heterocycles. The number of hydrogen-bond acceptors (Lipinski definition) is 7. The van der Waals surface area contributed by atoms with Crippen LogP contribution in [0, 0.1) is 6.92 Å². The Morgan fingerprint density at radius 1 is 0.973 bits per heavy atom. The molecule has 37 heavy (non-hydrogen) atoms. The number of benzene rings is 3. The number of hydrazone groups is 1. The number of aromatic nitrogens is 4. The molecule has 3 aromatic carbocycles. The normalized spacial score (nSPS) is 11.9. The van der Waals surface area contributed by atoms with Crippen molar-refractivity contribution >= 4 is 34.2 Å². The first-order valence-electron chi connectivity index (χ1n) is 12.1. The van der Waals surface area contributed by atoms with E-state index in [1.54, 1.807) is 13.3 Å². The Morgan fingerprint density at radius 2 is 1.78 bits per heavy atom. The number of hydrogen-bond donors (Lipinski definition) is 2. The number of fused-ring (bicyclic) bond motifs is 3. The summed E-state index contributed by atoms with van der Waals surface area (Å²) in [5.74, 6) is 1.60. The van der Waals surface area contributed by atoms with Gasteiger partial charge in [0.1, 0.15) is 12.1 Å². The van der Waals surface area contributed by atoms with Crippen molar-refractivity contribution in [3.05, 3.63) is 82.9 Å². The average Bonchev–Trinajstić information content (AvgIpc) is 3.24. The highest BCUT2D eigenvalue weighted by atomic mass is 16.5. The Balaban J connectivity index is 1.24. The molecule has 8 heteroatoms. The minimum Gasteiger partial charge on any atom is -0.493 e. The van der Waals surface area contributed by atoms with Crippen molar-refractivity contribution in [3.63, 3.8) is 0 Å². The number of nitrogens with zero attached hydrogens (tertiary/aromatic N) is 4. The van der Waals surface area contributed by atoms with Crippen molar-refractivity contribution in [2.75, 3.05) is 12.5 Å². The maximum atomic E-state index is 6.02. The molecule has 0 aliphatic rings. The molecular formula is C29H30N6O2. The van der Waals surface area contributed by atoms with Gasteiger partial charge in [-0.1, -0.05) is 56.7 Å². The van der Waals surface area contributed by atoms with Crippen LogP contribution in [0.3, 0.4) is 0 Å². The van der Waals surface area contributed by atoms with Crippen LogP contribution in [0.2, 0.25) is 0 Å². The molecule has 0 atom stereocenters. The quantitative estimate of drug-likeness (QED) is 0.208. The van der Waals surface area contributed by atoms with E-state index in [0.717, 1.165) is 33.1 Å². The summed E-state index contributed by atoms with van der Waals surface area (Å²) in [7, 11) is 1.62. The van der Waals surface area contributed by atoms with Crippen LogP contribution in [-0.4, -0.2) is 33.5 Å². The second-order valence-corrected chi connectivity index (χ2v) is 10.0. The molecule has 8 nitrogen and oxygen atoms in total. The highest BCUT2D eigenvalue weighted by molar-refractivity contribution is 6.03. The van der Waals surface area contributed by atoms with E-state index in [0.29, 0.717) is 29.7 Å². The molecule has 2 aromatic heterocycles. The van der Waals surface area contributed by atoms with Crippen molar-refractivity contribution < 1.29 is 9.47 Å². The molecule has 0 amide bonds. The highest BCUT2D eigenvalue weighted by Gasteiger charge is 2.13. The summed E-state index contributed by atoms with van der Waals surface area (Å²) in [5.41, 5.74) is 9.72. The minimum atomic E-state index is 0.125. The second kappa shape index (κ2) is 9.89. The maximum Gasteiger partial charge on any atom is 0.265 e. The molecular weight excluding hydrogens is 464 g/mol. The number of methoxy groups -OCH3 is 1. The van der Waals surface area contributed by atoms with Crippen LogP contribution in [-0.2, 0) is 12.0 Å². The summed E-state index contributed by atoms with van der Waals surface area (Å²) < 4.78 is 11.6. The third kappa shape index (κ3) is 5.38. The lowest BCUT2D eigenvalue weighted by atomic mass is 9.87. The number of nitrogens with one attached hydrogen (secondary N) is 2. The molecule has 0 saturated heterocycles. The zero-order valence-corrected chi connectivity index (χ0v) is 21.7. The molecule has 2 N–H and O–H groups in total. The van der Waals surface area contributed by atoms with Gasteiger partial charge in [-0.15, -0.1) is 10.2 Å². The lowest BCUT2D eigenvalue weighted by Crippen LogP contribution is -2.10. The third-order valence-corrected chi connectivity index (χ3v) is 6.15. The first-order valence-corrected chi connectivity index (χ1v) is 12.1. The topological polar surface area (TPSA) is 97.3 Å². The monoisotopic (exact) mass is 494 g/mol. The summed E-state index contributed by atoms with van der Waals surface area (Å²) in [6, 6.07) is 20.3. The van der Waals surface area contributed by atoms with Crippen LogP contribution in [0.25, 0.3) is 22.1 Å². The van der Waals surface area contributed by atoms with Crippen molar-refractivity contribution in [2.24, 2.45) is 5.10 Å². The maximum absolute atomic E-state index is 6.02. The van der Waals surface area contributed by atoms with Crippen LogP contribution in [0.4, 0.5) is 5.95 Å². The highest BCUT2D eigenvalue weighted by Crippen LogP contribution is 2.29. The second-order valence-electron chi connectivity index (χ2n) is 10.0. The van der Waals surface area contributed by atoms with Crippen LogP contribution in [0.5, 0.6) is 11.5 Å². The van der Waals surface area contributed by atoms with Gasteiger partial charge in [-0.3, -0.25) is 0 Å². The fraction of sp³-hybridized carbons (Fsp3) is 0.241. The first kappa shape index (κ1) is 24.2. The lowest BCUT2D eigenvalue weighted by Gasteiger charge is -2.19. The number of aromatic amines is 1. The van der Waals surface area contributed by atoms with E-state index in [4.69, 9.17) is 9.47 Å². The molecule has 0 radical (unpaired) electrons. The predicted octanol–water partition coefficient (Wildman–Crippen LogP) is 6.15. The lowest BCUT2D eigenvalue weighted by molar-refractivity contribution is 0.284. The van der Waals surface area contributed by atoms with Crippen LogP contribution >= 0.6 is 0 Å². The number of anilines is 1. The zero-order chi connectivity index (χ0) is 26.0. The molecule has 5 aromatic rings. The van der Waals surface area contributed by atoms with Gasteiger partial charge in [-0.25, -0.2) is 5.43 Å². The van der Waals surface area contributed by atoms with Crippen molar-refractivity contribution in [1.29, 1.82) is 0 Å². The fourth-order valence-corrected chi connectivity index (χ4v) is 4.04. The van der Waals surface area contributed by atoms with E-state index in [1.807, 2.05) is 37.3 Å². The van der Waals surface area contributed by atoms with Crippen LogP contribution in [0.15, 0.2) is 65.8 Å². The average molecular weight is 495 g/mol. The molecule has 0 spiro atoms. The number of ether oxygens (including phenoxy) is 2. The van der Waals surface area contributed by atoms with E-state index in [-0.39, 0.29) is 5.41 Å². The van der Waals surface area contributed by atoms with Crippen molar-refractivity contribution in [3.8, 4) is 11.5 Å². The van der Waals surface area contributed by atoms with Gasteiger partial charge in [-0.2, -0.15) is 10.1 Å². The molecule has 0 fully saturated rings. The van der Waals surface area contributed by atoms with Gasteiger partial charge in [0.05, 0.1) is 13.3 Å². The Hall–Kier alpha value is -4.46. The van der Waals surface area contributed by atoms with E-state index in [1.165, 1.54) is 5.56 Å². The Labute approximate surface area is 215 Å². The molecule has 0 saturated carbocycles. The summed E-state index contributed by atoms with van der Waals surface area (Å²) in [5, 5.41) is 13.7. The number of rotatable bonds is 7. The van der Waals surface area contributed by atoms with Crippen LogP contribution in [0.1, 0.15) is 43.0 Å². The molecule has 0 unspecified atom stereocenters. The van der Waals surface area contributed by atoms with E-state index < -0.39 is 0 Å². The van der Waals surface area contributed by atoms with E-state index in [2.05, 4.69) is 81.8 Å². The summed E-state index contributed by atoms with van der Waals surface area (Å²) in [4.78, 5) is 7.77. The van der Waals surface area contributed by atoms with Gasteiger partial charge in [-0.05, 0) is 59.4 Å². The standard InChI is InChI=1S/C29H30N6O2/c1-18-6-12-23-22(14-18)26-27(31-23)32-28(35-33-26)34-30-16-20-9-13-24(25(15-20)36-5)37-17-19-7-10-21(11-8-19)29(2,3)4/h6-16H,17H2,1-5H3,(H2,31,32,34,35)/b30-16+. The van der Waals surface area contributed by atoms with Crippen molar-refractivity contribution in [1.82, 2.24) is 20.2 Å². The third-order valence-electron chi connectivity index (χ3n) is 6.15. The first-order chi connectivity index (χ1) is 17.8. The van der Waals surface area contributed by atoms with E-state index >= 15 is 0 Å². The fourth-order valence-electron chi connectivity index (χ4n) is 4.04.